The van der Waals surface area contributed by atoms with E-state index in [-0.39, 0.29) is 5.91 Å². The van der Waals surface area contributed by atoms with Crippen molar-refractivity contribution in [2.24, 2.45) is 0 Å². The number of rotatable bonds is 2. The minimum Gasteiger partial charge on any atom is -0.397 e. The highest BCUT2D eigenvalue weighted by atomic mass is 79.9. The molecule has 2 rings (SSSR count). The molecule has 0 saturated heterocycles. The van der Waals surface area contributed by atoms with Crippen LogP contribution in [0.25, 0.3) is 0 Å². The molecule has 0 spiro atoms. The van der Waals surface area contributed by atoms with Gasteiger partial charge in [-0.05, 0) is 42.5 Å². The van der Waals surface area contributed by atoms with E-state index in [0.29, 0.717) is 22.0 Å². The molecule has 5 heteroatoms. The Morgan fingerprint density at radius 1 is 1.17 bits per heavy atom. The van der Waals surface area contributed by atoms with Crippen LogP contribution < -0.4 is 11.1 Å². The molecule has 0 aliphatic carbocycles. The van der Waals surface area contributed by atoms with E-state index in [0.717, 1.165) is 4.47 Å². The molecule has 0 saturated carbocycles. The van der Waals surface area contributed by atoms with Crippen molar-refractivity contribution in [2.75, 3.05) is 11.1 Å². The number of hydrogen-bond donors (Lipinski definition) is 2. The summed E-state index contributed by atoms with van der Waals surface area (Å²) in [6, 6.07) is 12.0. The lowest BCUT2D eigenvalue weighted by Crippen LogP contribution is -2.13. The van der Waals surface area contributed by atoms with Gasteiger partial charge in [0.25, 0.3) is 5.91 Å². The number of amides is 1. The highest BCUT2D eigenvalue weighted by Gasteiger charge is 2.08. The van der Waals surface area contributed by atoms with Crippen molar-refractivity contribution in [1.82, 2.24) is 0 Å². The molecule has 0 aromatic heterocycles. The van der Waals surface area contributed by atoms with Crippen LogP contribution in [-0.4, -0.2) is 5.91 Å². The van der Waals surface area contributed by atoms with Crippen LogP contribution in [0.4, 0.5) is 11.4 Å². The van der Waals surface area contributed by atoms with E-state index in [4.69, 9.17) is 17.3 Å². The van der Waals surface area contributed by atoms with Crippen LogP contribution in [0.15, 0.2) is 46.9 Å². The standard InChI is InChI=1S/C13H10BrClN2O/c14-9-3-1-8(2-4-9)13(18)17-12-7-10(15)5-6-11(12)16/h1-7H,16H2,(H,17,18). The normalized spacial score (nSPS) is 10.1. The van der Waals surface area contributed by atoms with Gasteiger partial charge in [0.15, 0.2) is 0 Å². The molecule has 0 fully saturated rings. The summed E-state index contributed by atoms with van der Waals surface area (Å²) < 4.78 is 0.918. The molecule has 0 radical (unpaired) electrons. The molecule has 0 unspecified atom stereocenters. The zero-order valence-electron chi connectivity index (χ0n) is 9.28. The lowest BCUT2D eigenvalue weighted by Gasteiger charge is -2.08. The Morgan fingerprint density at radius 2 is 1.83 bits per heavy atom. The molecule has 0 aliphatic heterocycles. The number of hydrogen-bond acceptors (Lipinski definition) is 2. The van der Waals surface area contributed by atoms with Crippen molar-refractivity contribution in [1.29, 1.82) is 0 Å². The second-order valence-electron chi connectivity index (χ2n) is 3.69. The number of carbonyl (C=O) groups excluding carboxylic acids is 1. The van der Waals surface area contributed by atoms with Crippen LogP contribution in [0, 0.1) is 0 Å². The Balaban J connectivity index is 2.21. The van der Waals surface area contributed by atoms with E-state index >= 15 is 0 Å². The fourth-order valence-corrected chi connectivity index (χ4v) is 1.87. The van der Waals surface area contributed by atoms with Gasteiger partial charge < -0.3 is 11.1 Å². The molecular formula is C13H10BrClN2O. The molecule has 18 heavy (non-hydrogen) atoms. The van der Waals surface area contributed by atoms with Crippen LogP contribution in [-0.2, 0) is 0 Å². The van der Waals surface area contributed by atoms with Crippen molar-refractivity contribution in [3.63, 3.8) is 0 Å². The molecule has 2 aromatic carbocycles. The summed E-state index contributed by atoms with van der Waals surface area (Å²) >= 11 is 9.17. The van der Waals surface area contributed by atoms with Crippen LogP contribution in [0.2, 0.25) is 5.02 Å². The van der Waals surface area contributed by atoms with E-state index in [9.17, 15) is 4.79 Å². The summed E-state index contributed by atoms with van der Waals surface area (Å²) in [6.45, 7) is 0. The third kappa shape index (κ3) is 3.03. The fourth-order valence-electron chi connectivity index (χ4n) is 1.43. The third-order valence-electron chi connectivity index (χ3n) is 2.37. The van der Waals surface area contributed by atoms with Crippen molar-refractivity contribution >= 4 is 44.8 Å². The molecule has 1 amide bonds. The lowest BCUT2D eigenvalue weighted by molar-refractivity contribution is 0.102. The number of nitrogen functional groups attached to an aromatic ring is 1. The van der Waals surface area contributed by atoms with E-state index in [2.05, 4.69) is 21.2 Å². The van der Waals surface area contributed by atoms with E-state index < -0.39 is 0 Å². The molecule has 3 N–H and O–H groups in total. The first kappa shape index (κ1) is 12.9. The van der Waals surface area contributed by atoms with Gasteiger partial charge in [-0.3, -0.25) is 4.79 Å². The second kappa shape index (κ2) is 5.42. The minimum absolute atomic E-state index is 0.225. The van der Waals surface area contributed by atoms with Gasteiger partial charge in [0.05, 0.1) is 11.4 Å². The number of nitrogens with one attached hydrogen (secondary N) is 1. The van der Waals surface area contributed by atoms with E-state index in [1.165, 1.54) is 0 Å². The maximum atomic E-state index is 12.0. The Hall–Kier alpha value is -1.52. The minimum atomic E-state index is -0.225. The highest BCUT2D eigenvalue weighted by molar-refractivity contribution is 9.10. The van der Waals surface area contributed by atoms with Crippen molar-refractivity contribution in [3.05, 3.63) is 57.5 Å². The average Bonchev–Trinajstić information content (AvgIpc) is 2.34. The molecule has 0 bridgehead atoms. The largest absolute Gasteiger partial charge is 0.397 e. The van der Waals surface area contributed by atoms with Gasteiger partial charge in [0, 0.05) is 15.1 Å². The zero-order chi connectivity index (χ0) is 13.1. The SMILES string of the molecule is Nc1ccc(Cl)cc1NC(=O)c1ccc(Br)cc1. The van der Waals surface area contributed by atoms with Crippen molar-refractivity contribution in [3.8, 4) is 0 Å². The van der Waals surface area contributed by atoms with E-state index in [1.807, 2.05) is 0 Å². The fraction of sp³-hybridized carbons (Fsp3) is 0. The number of benzene rings is 2. The zero-order valence-corrected chi connectivity index (χ0v) is 11.6. The Labute approximate surface area is 118 Å². The molecule has 0 heterocycles. The third-order valence-corrected chi connectivity index (χ3v) is 3.13. The first-order valence-electron chi connectivity index (χ1n) is 5.18. The van der Waals surface area contributed by atoms with Gasteiger partial charge in [-0.1, -0.05) is 27.5 Å². The van der Waals surface area contributed by atoms with Gasteiger partial charge >= 0.3 is 0 Å². The number of nitrogens with two attached hydrogens (primary N) is 1. The predicted octanol–water partition coefficient (Wildman–Crippen LogP) is 3.94. The Kier molecular flexibility index (Phi) is 3.89. The quantitative estimate of drug-likeness (QED) is 0.822. The van der Waals surface area contributed by atoms with Gasteiger partial charge in [-0.2, -0.15) is 0 Å². The summed E-state index contributed by atoms with van der Waals surface area (Å²) in [5.41, 5.74) is 7.30. The topological polar surface area (TPSA) is 55.1 Å². The average molecular weight is 326 g/mol. The molecular weight excluding hydrogens is 316 g/mol. The molecule has 0 aliphatic rings. The first-order chi connectivity index (χ1) is 8.56. The lowest BCUT2D eigenvalue weighted by atomic mass is 10.2. The summed E-state index contributed by atoms with van der Waals surface area (Å²) in [7, 11) is 0. The maximum Gasteiger partial charge on any atom is 0.255 e. The first-order valence-corrected chi connectivity index (χ1v) is 6.35. The number of anilines is 2. The Bertz CT molecular complexity index is 584. The molecule has 92 valence electrons. The maximum absolute atomic E-state index is 12.0. The molecule has 3 nitrogen and oxygen atoms in total. The summed E-state index contributed by atoms with van der Waals surface area (Å²) in [4.78, 5) is 12.0. The van der Waals surface area contributed by atoms with Gasteiger partial charge in [0.1, 0.15) is 0 Å². The summed E-state index contributed by atoms with van der Waals surface area (Å²) in [5, 5.41) is 3.25. The van der Waals surface area contributed by atoms with Gasteiger partial charge in [-0.15, -0.1) is 0 Å². The van der Waals surface area contributed by atoms with Crippen LogP contribution in [0.1, 0.15) is 10.4 Å². The van der Waals surface area contributed by atoms with Crippen LogP contribution >= 0.6 is 27.5 Å². The van der Waals surface area contributed by atoms with Crippen LogP contribution in [0.3, 0.4) is 0 Å². The molecule has 2 aromatic rings. The van der Waals surface area contributed by atoms with Crippen molar-refractivity contribution in [2.45, 2.75) is 0 Å². The number of carbonyl (C=O) groups is 1. The van der Waals surface area contributed by atoms with Gasteiger partial charge in [-0.25, -0.2) is 0 Å². The highest BCUT2D eigenvalue weighted by Crippen LogP contribution is 2.23. The predicted molar refractivity (Wildman–Crippen MR) is 78.0 cm³/mol. The number of halogens is 2. The summed E-state index contributed by atoms with van der Waals surface area (Å²) in [5.74, 6) is -0.225. The van der Waals surface area contributed by atoms with Crippen LogP contribution in [0.5, 0.6) is 0 Å². The summed E-state index contributed by atoms with van der Waals surface area (Å²) in [6.07, 6.45) is 0. The monoisotopic (exact) mass is 324 g/mol. The van der Waals surface area contributed by atoms with Crippen molar-refractivity contribution < 1.29 is 4.79 Å². The second-order valence-corrected chi connectivity index (χ2v) is 5.04. The molecule has 0 atom stereocenters. The van der Waals surface area contributed by atoms with E-state index in [1.54, 1.807) is 42.5 Å². The Morgan fingerprint density at radius 3 is 2.50 bits per heavy atom. The van der Waals surface area contributed by atoms with Gasteiger partial charge in [0.2, 0.25) is 0 Å². The smallest absolute Gasteiger partial charge is 0.255 e.